The largest absolute Gasteiger partial charge is 0.378 e. The molecule has 2 aromatic carbocycles. The molecule has 12 heteroatoms. The number of nitrogens with one attached hydrogen (secondary N) is 3. The summed E-state index contributed by atoms with van der Waals surface area (Å²) < 4.78 is 7.21. The smallest absolute Gasteiger partial charge is 0.322 e. The number of imidazole rings is 1. The van der Waals surface area contributed by atoms with Gasteiger partial charge in [-0.15, -0.1) is 23.2 Å². The number of amides is 3. The first-order chi connectivity index (χ1) is 19.4. The van der Waals surface area contributed by atoms with Gasteiger partial charge < -0.3 is 34.7 Å². The van der Waals surface area contributed by atoms with Crippen LogP contribution in [0.15, 0.2) is 54.7 Å². The fourth-order valence-corrected chi connectivity index (χ4v) is 5.05. The molecule has 0 spiro atoms. The first kappa shape index (κ1) is 27.8. The molecule has 0 radical (unpaired) electrons. The summed E-state index contributed by atoms with van der Waals surface area (Å²) in [6.45, 7) is 3.61. The zero-order chi connectivity index (χ0) is 28.1. The maximum Gasteiger partial charge on any atom is 0.322 e. The number of ether oxygens (including phenoxy) is 1. The molecule has 5 rings (SSSR count). The first-order valence-electron chi connectivity index (χ1n) is 13.0. The van der Waals surface area contributed by atoms with E-state index in [1.807, 2.05) is 54.2 Å². The predicted octanol–water partition coefficient (Wildman–Crippen LogP) is 4.97. The molecule has 3 N–H and O–H groups in total. The van der Waals surface area contributed by atoms with Crippen LogP contribution in [0.3, 0.4) is 0 Å². The molecule has 4 aromatic rings. The fraction of sp³-hybridized carbons (Fsp3) is 0.321. The number of alkyl halides is 2. The van der Waals surface area contributed by atoms with Gasteiger partial charge >= 0.3 is 6.03 Å². The SMILES string of the molecule is Cn1cc(NC(=O)N2CCOCC2)cc1-c1nc2cc(C(=O)Nc3ccc(N(CCCl)CCCl)cc3)ccc2[nH]1. The molecule has 210 valence electrons. The summed E-state index contributed by atoms with van der Waals surface area (Å²) in [4.78, 5) is 37.4. The summed E-state index contributed by atoms with van der Waals surface area (Å²) in [6, 6.07) is 14.7. The lowest BCUT2D eigenvalue weighted by atomic mass is 10.2. The fourth-order valence-electron chi connectivity index (χ4n) is 4.64. The second-order valence-electron chi connectivity index (χ2n) is 9.44. The van der Waals surface area contributed by atoms with E-state index in [0.29, 0.717) is 79.4 Å². The number of aryl methyl sites for hydroxylation is 1. The molecular formula is C28H31Cl2N7O3. The summed E-state index contributed by atoms with van der Waals surface area (Å²) in [5.74, 6) is 1.41. The number of carbonyl (C=O) groups excluding carboxylic acids is 2. The average Bonchev–Trinajstić information content (AvgIpc) is 3.56. The van der Waals surface area contributed by atoms with Crippen molar-refractivity contribution in [2.24, 2.45) is 7.05 Å². The molecular weight excluding hydrogens is 553 g/mol. The Morgan fingerprint density at radius 3 is 2.42 bits per heavy atom. The summed E-state index contributed by atoms with van der Waals surface area (Å²) in [6.07, 6.45) is 1.84. The van der Waals surface area contributed by atoms with E-state index >= 15 is 0 Å². The van der Waals surface area contributed by atoms with Crippen molar-refractivity contribution in [3.05, 3.63) is 60.3 Å². The zero-order valence-corrected chi connectivity index (χ0v) is 23.6. The molecule has 0 saturated carbocycles. The number of aromatic amines is 1. The van der Waals surface area contributed by atoms with Gasteiger partial charge in [0.25, 0.3) is 5.91 Å². The van der Waals surface area contributed by atoms with Crippen LogP contribution in [-0.2, 0) is 11.8 Å². The Morgan fingerprint density at radius 1 is 1.00 bits per heavy atom. The third-order valence-corrected chi connectivity index (χ3v) is 7.08. The minimum Gasteiger partial charge on any atom is -0.378 e. The van der Waals surface area contributed by atoms with E-state index in [4.69, 9.17) is 32.9 Å². The van der Waals surface area contributed by atoms with Crippen molar-refractivity contribution < 1.29 is 14.3 Å². The number of anilines is 3. The van der Waals surface area contributed by atoms with Gasteiger partial charge in [-0.25, -0.2) is 9.78 Å². The van der Waals surface area contributed by atoms with Crippen molar-refractivity contribution in [3.63, 3.8) is 0 Å². The number of nitrogens with zero attached hydrogens (tertiary/aromatic N) is 4. The number of fused-ring (bicyclic) bond motifs is 1. The van der Waals surface area contributed by atoms with Gasteiger partial charge in [0.15, 0.2) is 5.82 Å². The van der Waals surface area contributed by atoms with Crippen molar-refractivity contribution in [1.82, 2.24) is 19.4 Å². The molecule has 0 atom stereocenters. The Bertz CT molecular complexity index is 1470. The van der Waals surface area contributed by atoms with E-state index in [9.17, 15) is 9.59 Å². The number of hydrogen-bond donors (Lipinski definition) is 3. The first-order valence-corrected chi connectivity index (χ1v) is 14.1. The highest BCUT2D eigenvalue weighted by molar-refractivity contribution is 6.18. The van der Waals surface area contributed by atoms with Crippen LogP contribution in [0.25, 0.3) is 22.6 Å². The maximum absolute atomic E-state index is 13.0. The summed E-state index contributed by atoms with van der Waals surface area (Å²) in [5.41, 5.74) is 5.11. The standard InChI is InChI=1S/C28H31Cl2N7O3/c1-35-18-21(32-28(39)37-12-14-40-15-13-37)17-25(35)26-33-23-7-2-19(16-24(23)34-26)27(38)31-20-3-5-22(6-4-20)36(10-8-29)11-9-30/h2-7,16-18H,8-15H2,1H3,(H,31,38)(H,32,39)(H,33,34). The van der Waals surface area contributed by atoms with Crippen LogP contribution < -0.4 is 15.5 Å². The van der Waals surface area contributed by atoms with Gasteiger partial charge in [-0.2, -0.15) is 0 Å². The van der Waals surface area contributed by atoms with Gasteiger partial charge in [0.1, 0.15) is 0 Å². The summed E-state index contributed by atoms with van der Waals surface area (Å²) >= 11 is 11.8. The number of carbonyl (C=O) groups is 2. The third-order valence-electron chi connectivity index (χ3n) is 6.74. The molecule has 1 fully saturated rings. The number of aromatic nitrogens is 3. The Kier molecular flexibility index (Phi) is 8.78. The molecule has 1 aliphatic rings. The Hall–Kier alpha value is -3.73. The Morgan fingerprint density at radius 2 is 1.73 bits per heavy atom. The molecule has 2 aromatic heterocycles. The summed E-state index contributed by atoms with van der Waals surface area (Å²) in [5, 5.41) is 5.89. The number of hydrogen-bond acceptors (Lipinski definition) is 5. The van der Waals surface area contributed by atoms with E-state index in [0.717, 1.165) is 16.9 Å². The van der Waals surface area contributed by atoms with Crippen molar-refractivity contribution in [1.29, 1.82) is 0 Å². The third kappa shape index (κ3) is 6.35. The minimum absolute atomic E-state index is 0.154. The van der Waals surface area contributed by atoms with E-state index in [1.54, 1.807) is 17.0 Å². The van der Waals surface area contributed by atoms with Gasteiger partial charge in [-0.1, -0.05) is 0 Å². The molecule has 0 bridgehead atoms. The zero-order valence-electron chi connectivity index (χ0n) is 22.1. The monoisotopic (exact) mass is 583 g/mol. The van der Waals surface area contributed by atoms with E-state index in [-0.39, 0.29) is 11.9 Å². The molecule has 3 heterocycles. The Labute approximate surface area is 242 Å². The van der Waals surface area contributed by atoms with E-state index in [2.05, 4.69) is 20.5 Å². The van der Waals surface area contributed by atoms with Crippen LogP contribution in [-0.4, -0.2) is 82.5 Å². The van der Waals surface area contributed by atoms with Crippen molar-refractivity contribution in [3.8, 4) is 11.5 Å². The topological polar surface area (TPSA) is 108 Å². The molecule has 0 unspecified atom stereocenters. The van der Waals surface area contributed by atoms with Crippen molar-refractivity contribution >= 4 is 63.2 Å². The van der Waals surface area contributed by atoms with E-state index < -0.39 is 0 Å². The van der Waals surface area contributed by atoms with Gasteiger partial charge in [0, 0.05) is 68.1 Å². The van der Waals surface area contributed by atoms with Gasteiger partial charge in [0.2, 0.25) is 0 Å². The number of halogens is 2. The van der Waals surface area contributed by atoms with Crippen molar-refractivity contribution in [2.75, 3.05) is 66.7 Å². The lowest BCUT2D eigenvalue weighted by molar-refractivity contribution is 0.0564. The molecule has 40 heavy (non-hydrogen) atoms. The number of morpholine rings is 1. The minimum atomic E-state index is -0.232. The van der Waals surface area contributed by atoms with Crippen LogP contribution in [0.4, 0.5) is 21.9 Å². The van der Waals surface area contributed by atoms with Crippen LogP contribution in [0.2, 0.25) is 0 Å². The highest BCUT2D eigenvalue weighted by Crippen LogP contribution is 2.26. The van der Waals surface area contributed by atoms with Crippen LogP contribution in [0.1, 0.15) is 10.4 Å². The second-order valence-corrected chi connectivity index (χ2v) is 10.2. The van der Waals surface area contributed by atoms with Gasteiger partial charge in [0.05, 0.1) is 35.6 Å². The normalized spacial score (nSPS) is 13.4. The highest BCUT2D eigenvalue weighted by Gasteiger charge is 2.19. The highest BCUT2D eigenvalue weighted by atomic mass is 35.5. The molecule has 1 saturated heterocycles. The van der Waals surface area contributed by atoms with Gasteiger partial charge in [-0.3, -0.25) is 4.79 Å². The van der Waals surface area contributed by atoms with Crippen LogP contribution >= 0.6 is 23.2 Å². The quantitative estimate of drug-likeness (QED) is 0.241. The second kappa shape index (κ2) is 12.6. The van der Waals surface area contributed by atoms with Gasteiger partial charge in [-0.05, 0) is 48.5 Å². The molecule has 1 aliphatic heterocycles. The molecule has 0 aliphatic carbocycles. The maximum atomic E-state index is 13.0. The molecule has 3 amide bonds. The number of benzene rings is 2. The Balaban J connectivity index is 1.27. The number of urea groups is 1. The summed E-state index contributed by atoms with van der Waals surface area (Å²) in [7, 11) is 1.89. The predicted molar refractivity (Wildman–Crippen MR) is 160 cm³/mol. The van der Waals surface area contributed by atoms with E-state index in [1.165, 1.54) is 0 Å². The van der Waals surface area contributed by atoms with Crippen molar-refractivity contribution in [2.45, 2.75) is 0 Å². The lowest BCUT2D eigenvalue weighted by Crippen LogP contribution is -2.43. The lowest BCUT2D eigenvalue weighted by Gasteiger charge is -2.26. The van der Waals surface area contributed by atoms with Crippen LogP contribution in [0, 0.1) is 0 Å². The molecule has 10 nitrogen and oxygen atoms in total. The van der Waals surface area contributed by atoms with Crippen LogP contribution in [0.5, 0.6) is 0 Å². The number of rotatable bonds is 9. The average molecular weight is 585 g/mol. The number of H-pyrrole nitrogens is 1.